The molecule has 3 nitrogen and oxygen atoms in total. The third-order valence-electron chi connectivity index (χ3n) is 2.60. The Hall–Kier alpha value is -1.65. The van der Waals surface area contributed by atoms with E-state index in [0.717, 1.165) is 16.6 Å². The van der Waals surface area contributed by atoms with E-state index in [1.54, 1.807) is 12.4 Å². The number of hydrogen-bond donors (Lipinski definition) is 1. The summed E-state index contributed by atoms with van der Waals surface area (Å²) in [6.45, 7) is 0. The normalized spacial score (nSPS) is 10.9. The van der Waals surface area contributed by atoms with Crippen molar-refractivity contribution in [3.8, 4) is 5.69 Å². The van der Waals surface area contributed by atoms with Crippen molar-refractivity contribution < 1.29 is 0 Å². The molecule has 0 saturated carbocycles. The average Bonchev–Trinajstić information content (AvgIpc) is 2.77. The van der Waals surface area contributed by atoms with Crippen LogP contribution in [0.4, 0.5) is 0 Å². The van der Waals surface area contributed by atoms with Gasteiger partial charge in [-0.25, -0.2) is 0 Å². The second kappa shape index (κ2) is 3.98. The summed E-state index contributed by atoms with van der Waals surface area (Å²) in [5.41, 5.74) is 1.77. The van der Waals surface area contributed by atoms with E-state index in [1.165, 1.54) is 0 Å². The van der Waals surface area contributed by atoms with Crippen LogP contribution in [0.2, 0.25) is 5.02 Å². The molecule has 0 saturated heterocycles. The van der Waals surface area contributed by atoms with Crippen molar-refractivity contribution >= 4 is 34.7 Å². The van der Waals surface area contributed by atoms with E-state index >= 15 is 0 Å². The van der Waals surface area contributed by atoms with Crippen molar-refractivity contribution in [2.45, 2.75) is 0 Å². The van der Waals surface area contributed by atoms with E-state index in [4.69, 9.17) is 23.8 Å². The van der Waals surface area contributed by atoms with Crippen molar-refractivity contribution in [3.63, 3.8) is 0 Å². The number of pyridine rings is 1. The lowest BCUT2D eigenvalue weighted by atomic mass is 10.2. The van der Waals surface area contributed by atoms with E-state index in [1.807, 2.05) is 35.0 Å². The average molecular weight is 262 g/mol. The molecule has 1 N–H and O–H groups in total. The summed E-state index contributed by atoms with van der Waals surface area (Å²) in [5.74, 6) is 0. The minimum Gasteiger partial charge on any atom is -0.337 e. The zero-order chi connectivity index (χ0) is 11.8. The van der Waals surface area contributed by atoms with E-state index < -0.39 is 0 Å². The second-order valence-corrected chi connectivity index (χ2v) is 4.40. The fourth-order valence-corrected chi connectivity index (χ4v) is 2.27. The maximum absolute atomic E-state index is 6.15. The van der Waals surface area contributed by atoms with Gasteiger partial charge in [0.1, 0.15) is 0 Å². The monoisotopic (exact) mass is 261 g/mol. The molecule has 0 aliphatic rings. The van der Waals surface area contributed by atoms with Gasteiger partial charge in [-0.1, -0.05) is 11.6 Å². The molecule has 0 fully saturated rings. The number of hydrogen-bond acceptors (Lipinski definition) is 2. The van der Waals surface area contributed by atoms with Crippen LogP contribution < -0.4 is 0 Å². The Balaban J connectivity index is 2.43. The molecule has 0 bridgehead atoms. The fraction of sp³-hybridized carbons (Fsp3) is 0. The molecule has 0 aliphatic heterocycles. The van der Waals surface area contributed by atoms with Crippen molar-refractivity contribution in [2.24, 2.45) is 0 Å². The van der Waals surface area contributed by atoms with Gasteiger partial charge in [0, 0.05) is 24.0 Å². The first-order chi connectivity index (χ1) is 8.27. The number of rotatable bonds is 1. The van der Waals surface area contributed by atoms with Gasteiger partial charge in [0.05, 0.1) is 16.2 Å². The van der Waals surface area contributed by atoms with Crippen LogP contribution in [0.15, 0.2) is 42.9 Å². The number of H-pyrrole nitrogens is 1. The molecule has 0 aliphatic carbocycles. The van der Waals surface area contributed by atoms with Crippen LogP contribution in [0.3, 0.4) is 0 Å². The lowest BCUT2D eigenvalue weighted by Gasteiger charge is -2.07. The van der Waals surface area contributed by atoms with Gasteiger partial charge in [0.15, 0.2) is 4.77 Å². The lowest BCUT2D eigenvalue weighted by molar-refractivity contribution is 1.04. The molecule has 0 unspecified atom stereocenters. The number of nitrogens with zero attached hydrogens (tertiary/aromatic N) is 2. The van der Waals surface area contributed by atoms with Gasteiger partial charge < -0.3 is 4.98 Å². The Morgan fingerprint density at radius 2 is 2.18 bits per heavy atom. The maximum atomic E-state index is 6.15. The smallest absolute Gasteiger partial charge is 0.181 e. The third-order valence-corrected chi connectivity index (χ3v) is 3.25. The van der Waals surface area contributed by atoms with Gasteiger partial charge in [-0.2, -0.15) is 0 Å². The first-order valence-electron chi connectivity index (χ1n) is 5.07. The summed E-state index contributed by atoms with van der Waals surface area (Å²) >= 11 is 11.4. The Bertz CT molecular complexity index is 745. The van der Waals surface area contributed by atoms with Crippen LogP contribution in [-0.2, 0) is 0 Å². The number of benzene rings is 1. The Kier molecular flexibility index (Phi) is 2.46. The summed E-state index contributed by atoms with van der Waals surface area (Å²) in [7, 11) is 0. The summed E-state index contributed by atoms with van der Waals surface area (Å²) in [4.78, 5) is 7.34. The number of imidazole rings is 1. The minimum atomic E-state index is 0.638. The minimum absolute atomic E-state index is 0.638. The van der Waals surface area contributed by atoms with Crippen molar-refractivity contribution in [1.29, 1.82) is 0 Å². The highest BCUT2D eigenvalue weighted by Gasteiger charge is 2.07. The number of halogens is 1. The number of aromatic nitrogens is 3. The van der Waals surface area contributed by atoms with E-state index in [2.05, 4.69) is 9.97 Å². The highest BCUT2D eigenvalue weighted by atomic mass is 35.5. The fourth-order valence-electron chi connectivity index (χ4n) is 1.83. The van der Waals surface area contributed by atoms with Crippen LogP contribution in [0.5, 0.6) is 0 Å². The summed E-state index contributed by atoms with van der Waals surface area (Å²) in [6.07, 6.45) is 5.42. The summed E-state index contributed by atoms with van der Waals surface area (Å²) in [6, 6.07) is 7.59. The molecule has 17 heavy (non-hydrogen) atoms. The molecule has 0 spiro atoms. The van der Waals surface area contributed by atoms with Gasteiger partial charge >= 0.3 is 0 Å². The van der Waals surface area contributed by atoms with E-state index in [0.29, 0.717) is 9.79 Å². The van der Waals surface area contributed by atoms with Crippen LogP contribution in [0.1, 0.15) is 0 Å². The molecule has 2 heterocycles. The SMILES string of the molecule is S=c1[nH]ccn1-c1ccc(Cl)c2cccnc12. The molecule has 1 aromatic carbocycles. The predicted molar refractivity (Wildman–Crippen MR) is 71.3 cm³/mol. The van der Waals surface area contributed by atoms with Crippen LogP contribution >= 0.6 is 23.8 Å². The second-order valence-electron chi connectivity index (χ2n) is 3.60. The van der Waals surface area contributed by atoms with Crippen molar-refractivity contribution in [1.82, 2.24) is 14.5 Å². The van der Waals surface area contributed by atoms with Crippen molar-refractivity contribution in [2.75, 3.05) is 0 Å². The molecule has 5 heteroatoms. The first kappa shape index (κ1) is 10.5. The van der Waals surface area contributed by atoms with Gasteiger partial charge in [-0.15, -0.1) is 0 Å². The van der Waals surface area contributed by atoms with Gasteiger partial charge in [0.2, 0.25) is 0 Å². The predicted octanol–water partition coefficient (Wildman–Crippen LogP) is 3.74. The molecule has 2 aromatic heterocycles. The van der Waals surface area contributed by atoms with Gasteiger partial charge in [-0.3, -0.25) is 9.55 Å². The number of aromatic amines is 1. The van der Waals surface area contributed by atoms with E-state index in [-0.39, 0.29) is 0 Å². The molecule has 3 rings (SSSR count). The van der Waals surface area contributed by atoms with Crippen LogP contribution in [-0.4, -0.2) is 14.5 Å². The standard InChI is InChI=1S/C12H8ClN3S/c13-9-3-4-10(16-7-6-15-12(16)17)11-8(9)2-1-5-14-11/h1-7H,(H,15,17). The molecule has 3 aromatic rings. The van der Waals surface area contributed by atoms with Gasteiger partial charge in [-0.05, 0) is 36.5 Å². The highest BCUT2D eigenvalue weighted by Crippen LogP contribution is 2.27. The van der Waals surface area contributed by atoms with Crippen LogP contribution in [0, 0.1) is 4.77 Å². The third kappa shape index (κ3) is 1.66. The zero-order valence-electron chi connectivity index (χ0n) is 8.72. The molecular weight excluding hydrogens is 254 g/mol. The van der Waals surface area contributed by atoms with Crippen LogP contribution in [0.25, 0.3) is 16.6 Å². The largest absolute Gasteiger partial charge is 0.337 e. The zero-order valence-corrected chi connectivity index (χ0v) is 10.3. The quantitative estimate of drug-likeness (QED) is 0.677. The molecule has 0 amide bonds. The molecule has 0 atom stereocenters. The van der Waals surface area contributed by atoms with Gasteiger partial charge in [0.25, 0.3) is 0 Å². The summed E-state index contributed by atoms with van der Waals surface area (Å²) < 4.78 is 2.51. The van der Waals surface area contributed by atoms with Crippen molar-refractivity contribution in [3.05, 3.63) is 52.6 Å². The summed E-state index contributed by atoms with van der Waals surface area (Å²) in [5, 5.41) is 1.62. The highest BCUT2D eigenvalue weighted by molar-refractivity contribution is 7.71. The topological polar surface area (TPSA) is 33.6 Å². The number of nitrogens with one attached hydrogen (secondary N) is 1. The Morgan fingerprint density at radius 1 is 1.29 bits per heavy atom. The lowest BCUT2D eigenvalue weighted by Crippen LogP contribution is -1.95. The Labute approximate surface area is 108 Å². The molecular formula is C12H8ClN3S. The molecule has 0 radical (unpaired) electrons. The first-order valence-corrected chi connectivity index (χ1v) is 5.85. The maximum Gasteiger partial charge on any atom is 0.181 e. The molecule has 84 valence electrons. The number of fused-ring (bicyclic) bond motifs is 1. The van der Waals surface area contributed by atoms with E-state index in [9.17, 15) is 0 Å². The Morgan fingerprint density at radius 3 is 2.94 bits per heavy atom.